The number of carbonyl (C=O) groups excluding carboxylic acids is 1. The van der Waals surface area contributed by atoms with Gasteiger partial charge in [-0.2, -0.15) is 4.99 Å². The summed E-state index contributed by atoms with van der Waals surface area (Å²) in [6, 6.07) is 14.5. The normalized spacial score (nSPS) is 23.5. The van der Waals surface area contributed by atoms with Gasteiger partial charge in [-0.3, -0.25) is 4.79 Å². The molecule has 2 atom stereocenters. The molecule has 158 valence electrons. The lowest BCUT2D eigenvalue weighted by Crippen LogP contribution is -2.37. The van der Waals surface area contributed by atoms with Crippen LogP contribution in [0.5, 0.6) is 5.75 Å². The number of ether oxygens (including phenoxy) is 1. The largest absolute Gasteiger partial charge is 0.497 e. The minimum absolute atomic E-state index is 0.0872. The summed E-state index contributed by atoms with van der Waals surface area (Å²) in [5, 5.41) is 1.13. The van der Waals surface area contributed by atoms with Gasteiger partial charge in [0.05, 0.1) is 31.1 Å². The number of amides is 1. The Morgan fingerprint density at radius 1 is 1.13 bits per heavy atom. The average molecular weight is 465 g/mol. The van der Waals surface area contributed by atoms with Crippen LogP contribution in [0.3, 0.4) is 0 Å². The third-order valence-electron chi connectivity index (χ3n) is 5.18. The van der Waals surface area contributed by atoms with Crippen LogP contribution in [-0.2, 0) is 27.6 Å². The Hall–Kier alpha value is -2.03. The SMILES string of the molecule is COc1ccc(CC(=O)N=C2S[C@H]3CS(=O)(=O)C[C@H]3N2Cc2ccc(Cl)cc2)cc1. The van der Waals surface area contributed by atoms with E-state index in [0.717, 1.165) is 16.9 Å². The molecule has 2 saturated heterocycles. The molecule has 4 rings (SSSR count). The van der Waals surface area contributed by atoms with E-state index < -0.39 is 9.84 Å². The minimum Gasteiger partial charge on any atom is -0.497 e. The number of rotatable bonds is 5. The molecule has 0 N–H and O–H groups in total. The molecule has 0 radical (unpaired) electrons. The van der Waals surface area contributed by atoms with Gasteiger partial charge in [-0.05, 0) is 35.4 Å². The standard InChI is InChI=1S/C21H21ClN2O4S2/c1-28-17-8-4-14(5-9-17)10-20(25)23-21-24(11-15-2-6-16(22)7-3-15)18-12-30(26,27)13-19(18)29-21/h2-9,18-19H,10-13H2,1H3/t18-,19+/m1/s1. The summed E-state index contributed by atoms with van der Waals surface area (Å²) >= 11 is 7.36. The second kappa shape index (κ2) is 8.61. The van der Waals surface area contributed by atoms with Crippen molar-refractivity contribution in [1.29, 1.82) is 0 Å². The molecule has 2 aliphatic rings. The van der Waals surface area contributed by atoms with Crippen molar-refractivity contribution >= 4 is 44.3 Å². The third-order valence-corrected chi connectivity index (χ3v) is 8.68. The van der Waals surface area contributed by atoms with E-state index in [9.17, 15) is 13.2 Å². The Labute approximate surface area is 185 Å². The van der Waals surface area contributed by atoms with Crippen LogP contribution in [0.1, 0.15) is 11.1 Å². The van der Waals surface area contributed by atoms with Gasteiger partial charge in [0.15, 0.2) is 15.0 Å². The van der Waals surface area contributed by atoms with Crippen molar-refractivity contribution < 1.29 is 17.9 Å². The zero-order valence-corrected chi connectivity index (χ0v) is 18.7. The first-order valence-electron chi connectivity index (χ1n) is 9.45. The quantitative estimate of drug-likeness (QED) is 0.676. The number of aliphatic imine (C=N–C) groups is 1. The summed E-state index contributed by atoms with van der Waals surface area (Å²) < 4.78 is 29.4. The van der Waals surface area contributed by atoms with Crippen LogP contribution in [0.25, 0.3) is 0 Å². The molecule has 6 nitrogen and oxygen atoms in total. The van der Waals surface area contributed by atoms with Crippen LogP contribution in [0.15, 0.2) is 53.5 Å². The maximum Gasteiger partial charge on any atom is 0.252 e. The Balaban J connectivity index is 1.54. The van der Waals surface area contributed by atoms with Crippen molar-refractivity contribution in [3.63, 3.8) is 0 Å². The molecule has 0 aliphatic carbocycles. The van der Waals surface area contributed by atoms with Crippen LogP contribution >= 0.6 is 23.4 Å². The highest BCUT2D eigenvalue weighted by molar-refractivity contribution is 8.15. The first-order chi connectivity index (χ1) is 14.3. The molecular formula is C21H21ClN2O4S2. The maximum atomic E-state index is 12.6. The highest BCUT2D eigenvalue weighted by atomic mass is 35.5. The average Bonchev–Trinajstić information content (AvgIpc) is 3.16. The Kier molecular flexibility index (Phi) is 6.09. The number of hydrogen-bond acceptors (Lipinski definition) is 5. The van der Waals surface area contributed by atoms with Gasteiger partial charge in [-0.25, -0.2) is 8.42 Å². The van der Waals surface area contributed by atoms with Gasteiger partial charge < -0.3 is 9.64 Å². The predicted octanol–water partition coefficient (Wildman–Crippen LogP) is 3.19. The summed E-state index contributed by atoms with van der Waals surface area (Å²) in [6.45, 7) is 0.482. The summed E-state index contributed by atoms with van der Waals surface area (Å²) in [7, 11) is -1.49. The fraction of sp³-hybridized carbons (Fsp3) is 0.333. The molecule has 2 heterocycles. The summed E-state index contributed by atoms with van der Waals surface area (Å²) in [6.07, 6.45) is 0.177. The lowest BCUT2D eigenvalue weighted by molar-refractivity contribution is -0.117. The molecule has 0 unspecified atom stereocenters. The van der Waals surface area contributed by atoms with Crippen LogP contribution in [-0.4, -0.2) is 54.3 Å². The van der Waals surface area contributed by atoms with Crippen molar-refractivity contribution in [3.05, 3.63) is 64.7 Å². The Morgan fingerprint density at radius 2 is 1.80 bits per heavy atom. The molecule has 0 aromatic heterocycles. The Morgan fingerprint density at radius 3 is 2.47 bits per heavy atom. The van der Waals surface area contributed by atoms with Crippen LogP contribution in [0, 0.1) is 0 Å². The lowest BCUT2D eigenvalue weighted by Gasteiger charge is -2.24. The van der Waals surface area contributed by atoms with Crippen molar-refractivity contribution in [2.75, 3.05) is 18.6 Å². The van der Waals surface area contributed by atoms with Crippen LogP contribution < -0.4 is 4.74 Å². The zero-order chi connectivity index (χ0) is 21.3. The first kappa shape index (κ1) is 21.2. The van der Waals surface area contributed by atoms with Gasteiger partial charge in [-0.1, -0.05) is 47.6 Å². The monoisotopic (exact) mass is 464 g/mol. The maximum absolute atomic E-state index is 12.6. The highest BCUT2D eigenvalue weighted by Crippen LogP contribution is 2.39. The number of carbonyl (C=O) groups is 1. The molecule has 0 bridgehead atoms. The van der Waals surface area contributed by atoms with E-state index >= 15 is 0 Å². The van der Waals surface area contributed by atoms with Gasteiger partial charge in [0.2, 0.25) is 0 Å². The Bertz CT molecular complexity index is 1070. The van der Waals surface area contributed by atoms with E-state index in [1.165, 1.54) is 11.8 Å². The van der Waals surface area contributed by atoms with E-state index in [4.69, 9.17) is 16.3 Å². The third kappa shape index (κ3) is 4.82. The molecule has 2 aliphatic heterocycles. The van der Waals surface area contributed by atoms with Gasteiger partial charge in [0.25, 0.3) is 5.91 Å². The fourth-order valence-corrected chi connectivity index (χ4v) is 7.77. The second-order valence-corrected chi connectivity index (χ2v) is 11.2. The summed E-state index contributed by atoms with van der Waals surface area (Å²) in [5.74, 6) is 0.674. The van der Waals surface area contributed by atoms with E-state index in [0.29, 0.717) is 16.7 Å². The molecule has 0 saturated carbocycles. The molecule has 2 fully saturated rings. The number of sulfone groups is 1. The number of fused-ring (bicyclic) bond motifs is 1. The summed E-state index contributed by atoms with van der Waals surface area (Å²) in [4.78, 5) is 18.9. The molecule has 9 heteroatoms. The summed E-state index contributed by atoms with van der Waals surface area (Å²) in [5.41, 5.74) is 1.83. The first-order valence-corrected chi connectivity index (χ1v) is 12.5. The second-order valence-electron chi connectivity index (χ2n) is 7.37. The van der Waals surface area contributed by atoms with Crippen molar-refractivity contribution in [3.8, 4) is 5.75 Å². The smallest absolute Gasteiger partial charge is 0.252 e. The van der Waals surface area contributed by atoms with Gasteiger partial charge in [-0.15, -0.1) is 0 Å². The van der Waals surface area contributed by atoms with E-state index in [2.05, 4.69) is 4.99 Å². The number of methoxy groups -OCH3 is 1. The predicted molar refractivity (Wildman–Crippen MR) is 120 cm³/mol. The minimum atomic E-state index is -3.08. The number of benzene rings is 2. The van der Waals surface area contributed by atoms with Crippen molar-refractivity contribution in [2.45, 2.75) is 24.3 Å². The topological polar surface area (TPSA) is 76.0 Å². The van der Waals surface area contributed by atoms with Gasteiger partial charge in [0, 0.05) is 16.8 Å². The number of thioether (sulfide) groups is 1. The lowest BCUT2D eigenvalue weighted by atomic mass is 10.1. The molecule has 0 spiro atoms. The highest BCUT2D eigenvalue weighted by Gasteiger charge is 2.48. The fourth-order valence-electron chi connectivity index (χ4n) is 3.67. The van der Waals surface area contributed by atoms with E-state index in [1.807, 2.05) is 41.3 Å². The van der Waals surface area contributed by atoms with Crippen molar-refractivity contribution in [2.24, 2.45) is 4.99 Å². The molecule has 2 aromatic carbocycles. The molecule has 2 aromatic rings. The molecular weight excluding hydrogens is 444 g/mol. The molecule has 30 heavy (non-hydrogen) atoms. The van der Waals surface area contributed by atoms with Gasteiger partial charge >= 0.3 is 0 Å². The number of amidine groups is 1. The van der Waals surface area contributed by atoms with E-state index in [1.54, 1.807) is 19.2 Å². The van der Waals surface area contributed by atoms with Crippen LogP contribution in [0.2, 0.25) is 5.02 Å². The van der Waals surface area contributed by atoms with E-state index in [-0.39, 0.29) is 35.1 Å². The molecule has 1 amide bonds. The van der Waals surface area contributed by atoms with Gasteiger partial charge in [0.1, 0.15) is 5.75 Å². The number of nitrogens with zero attached hydrogens (tertiary/aromatic N) is 2. The van der Waals surface area contributed by atoms with Crippen molar-refractivity contribution in [1.82, 2.24) is 4.90 Å². The zero-order valence-electron chi connectivity index (χ0n) is 16.3. The van der Waals surface area contributed by atoms with Crippen LogP contribution in [0.4, 0.5) is 0 Å². The number of halogens is 1. The number of hydrogen-bond donors (Lipinski definition) is 0.